The molecule has 0 saturated carbocycles. The molecule has 6 heteroatoms. The summed E-state index contributed by atoms with van der Waals surface area (Å²) < 4.78 is 5.80. The zero-order chi connectivity index (χ0) is 22.4. The molecule has 6 bridgehead atoms. The zero-order valence-corrected chi connectivity index (χ0v) is 24.3. The van der Waals surface area contributed by atoms with Crippen LogP contribution in [0.1, 0.15) is 45.2 Å². The standard InChI is InChI=1S/C15H8ClO.C15H10Cl.2ClH.Zr/c16-14-8-12-7-10-4-5-13(15(10)14)9-2-1-3-11(6-9)17-12;16-14-8-4-7-12-9-10-13(15(12)14)11-5-2-1-3-6-11;;;/h1-4,6-8,13H;1-9,13H;2*1H;/q2*-1;;;+4/p-2. The molecule has 8 rings (SSSR count). The molecule has 0 fully saturated rings. The Hall–Kier alpha value is -1.80. The summed E-state index contributed by atoms with van der Waals surface area (Å²) in [6, 6.07) is 28.3. The van der Waals surface area contributed by atoms with Gasteiger partial charge in [0.05, 0.1) is 0 Å². The second-order valence-electron chi connectivity index (χ2n) is 8.22. The molecule has 4 aliphatic rings. The van der Waals surface area contributed by atoms with E-state index in [9.17, 15) is 0 Å². The molecule has 1 nitrogen and oxygen atoms in total. The van der Waals surface area contributed by atoms with E-state index in [0.717, 1.165) is 32.7 Å². The van der Waals surface area contributed by atoms with Crippen LogP contribution in [0, 0.1) is 12.2 Å². The fourth-order valence-corrected chi connectivity index (χ4v) is 5.27. The number of hydrogen-bond acceptors (Lipinski definition) is 1. The van der Waals surface area contributed by atoms with E-state index in [4.69, 9.17) is 27.9 Å². The van der Waals surface area contributed by atoms with E-state index in [1.54, 1.807) is 0 Å². The van der Waals surface area contributed by atoms with Gasteiger partial charge in [-0.2, -0.15) is 11.1 Å². The minimum absolute atomic E-state index is 0. The van der Waals surface area contributed by atoms with E-state index in [0.29, 0.717) is 0 Å². The first kappa shape index (κ1) is 28.8. The molecule has 2 unspecified atom stereocenters. The molecule has 2 aliphatic heterocycles. The topological polar surface area (TPSA) is 9.23 Å². The van der Waals surface area contributed by atoms with Gasteiger partial charge in [0, 0.05) is 10.0 Å². The first-order chi connectivity index (χ1) is 16.2. The van der Waals surface area contributed by atoms with Crippen molar-refractivity contribution in [3.63, 3.8) is 0 Å². The van der Waals surface area contributed by atoms with Crippen LogP contribution >= 0.6 is 23.2 Å². The second-order valence-corrected chi connectivity index (χ2v) is 9.04. The average molecular weight is 628 g/mol. The van der Waals surface area contributed by atoms with Gasteiger partial charge >= 0.3 is 26.2 Å². The molecular weight excluding hydrogens is 609 g/mol. The van der Waals surface area contributed by atoms with Crippen molar-refractivity contribution in [2.45, 2.75) is 11.8 Å². The second kappa shape index (κ2) is 12.2. The number of allylic oxidation sites excluding steroid dienone is 2. The Morgan fingerprint density at radius 3 is 2.00 bits per heavy atom. The van der Waals surface area contributed by atoms with Gasteiger partial charge in [0.1, 0.15) is 11.5 Å². The molecule has 2 atom stereocenters. The van der Waals surface area contributed by atoms with Crippen LogP contribution in [-0.2, 0) is 26.2 Å². The number of halogens is 4. The van der Waals surface area contributed by atoms with Crippen LogP contribution < -0.4 is 29.6 Å². The molecule has 36 heavy (non-hydrogen) atoms. The Morgan fingerprint density at radius 1 is 0.583 bits per heavy atom. The SMILES string of the molecule is Clc1cc2cc3c1C([C-]=C3)c1cccc(c1)O2.Clc1cccc2c1C(c1ccccc1)[C-]=C2.[Cl-].[Cl-].[Zr+4]. The summed E-state index contributed by atoms with van der Waals surface area (Å²) in [7, 11) is 0. The number of ether oxygens (including phenoxy) is 1. The molecule has 0 spiro atoms. The summed E-state index contributed by atoms with van der Waals surface area (Å²) in [6.07, 6.45) is 10.8. The van der Waals surface area contributed by atoms with Crippen LogP contribution in [0.5, 0.6) is 11.5 Å². The maximum atomic E-state index is 6.33. The van der Waals surface area contributed by atoms with Gasteiger partial charge in [0.15, 0.2) is 0 Å². The summed E-state index contributed by atoms with van der Waals surface area (Å²) in [5.74, 6) is 1.95. The minimum Gasteiger partial charge on any atom is -1.00 e. The number of fused-ring (bicyclic) bond motifs is 2. The summed E-state index contributed by atoms with van der Waals surface area (Å²) in [5.41, 5.74) is 7.02. The van der Waals surface area contributed by atoms with Crippen LogP contribution in [0.15, 0.2) is 84.9 Å². The normalized spacial score (nSPS) is 16.5. The van der Waals surface area contributed by atoms with E-state index in [1.807, 2.05) is 66.7 Å². The maximum Gasteiger partial charge on any atom is 4.00 e. The monoisotopic (exact) mass is 624 g/mol. The van der Waals surface area contributed by atoms with Crippen molar-refractivity contribution < 1.29 is 55.8 Å². The largest absolute Gasteiger partial charge is 4.00 e. The van der Waals surface area contributed by atoms with Crippen molar-refractivity contribution in [2.75, 3.05) is 0 Å². The van der Waals surface area contributed by atoms with Gasteiger partial charge in [-0.3, -0.25) is 12.2 Å². The third kappa shape index (κ3) is 5.40. The van der Waals surface area contributed by atoms with Crippen molar-refractivity contribution in [3.05, 3.63) is 141 Å². The third-order valence-corrected chi connectivity index (χ3v) is 6.81. The van der Waals surface area contributed by atoms with Gasteiger partial charge < -0.3 is 29.6 Å². The Balaban J connectivity index is 0.000000185. The predicted octanol–water partition coefficient (Wildman–Crippen LogP) is 2.71. The van der Waals surface area contributed by atoms with Crippen molar-refractivity contribution in [1.29, 1.82) is 0 Å². The molecule has 0 saturated heterocycles. The van der Waals surface area contributed by atoms with Crippen molar-refractivity contribution in [1.82, 2.24) is 0 Å². The van der Waals surface area contributed by atoms with Crippen LogP contribution in [0.3, 0.4) is 0 Å². The summed E-state index contributed by atoms with van der Waals surface area (Å²) in [5, 5.41) is 1.58. The molecule has 0 N–H and O–H groups in total. The molecule has 0 radical (unpaired) electrons. The number of rotatable bonds is 1. The van der Waals surface area contributed by atoms with Crippen LogP contribution in [0.2, 0.25) is 10.0 Å². The number of hydrogen-bond donors (Lipinski definition) is 0. The van der Waals surface area contributed by atoms with Gasteiger partial charge in [0.25, 0.3) is 0 Å². The van der Waals surface area contributed by atoms with Crippen LogP contribution in [0.25, 0.3) is 12.2 Å². The molecule has 4 aromatic rings. The molecule has 2 aliphatic carbocycles. The van der Waals surface area contributed by atoms with Crippen molar-refractivity contribution >= 4 is 35.4 Å². The smallest absolute Gasteiger partial charge is 1.00 e. The maximum absolute atomic E-state index is 6.33. The van der Waals surface area contributed by atoms with Crippen LogP contribution in [0.4, 0.5) is 0 Å². The Labute approximate surface area is 253 Å². The first-order valence-electron chi connectivity index (χ1n) is 10.8. The van der Waals surface area contributed by atoms with E-state index in [1.165, 1.54) is 22.3 Å². The fourth-order valence-electron chi connectivity index (χ4n) is 4.66. The Kier molecular flexibility index (Phi) is 9.72. The first-order valence-corrected chi connectivity index (χ1v) is 11.6. The molecule has 0 amide bonds. The van der Waals surface area contributed by atoms with Crippen molar-refractivity contribution in [2.24, 2.45) is 0 Å². The van der Waals surface area contributed by atoms with E-state index in [-0.39, 0.29) is 62.9 Å². The minimum atomic E-state index is 0. The predicted molar refractivity (Wildman–Crippen MR) is 135 cm³/mol. The zero-order valence-electron chi connectivity index (χ0n) is 18.8. The Morgan fingerprint density at radius 2 is 1.22 bits per heavy atom. The van der Waals surface area contributed by atoms with Gasteiger partial charge in [0.2, 0.25) is 0 Å². The summed E-state index contributed by atoms with van der Waals surface area (Å²) in [6.45, 7) is 0. The number of benzene rings is 4. The fraction of sp³-hybridized carbons (Fsp3) is 0.0667. The van der Waals surface area contributed by atoms with Gasteiger partial charge in [-0.25, -0.2) is 12.2 Å². The summed E-state index contributed by atoms with van der Waals surface area (Å²) >= 11 is 12.6. The van der Waals surface area contributed by atoms with Gasteiger partial charge in [-0.05, 0) is 24.3 Å². The van der Waals surface area contributed by atoms with Gasteiger partial charge in [-0.15, -0.1) is 17.2 Å². The quantitative estimate of drug-likeness (QED) is 0.295. The average Bonchev–Trinajstić information content (AvgIpc) is 3.47. The molecule has 0 aromatic heterocycles. The molecule has 176 valence electrons. The van der Waals surface area contributed by atoms with Crippen LogP contribution in [-0.4, -0.2) is 0 Å². The van der Waals surface area contributed by atoms with E-state index < -0.39 is 0 Å². The third-order valence-electron chi connectivity index (χ3n) is 6.17. The molecular formula is C30H18Cl4OZr. The van der Waals surface area contributed by atoms with Crippen molar-refractivity contribution in [3.8, 4) is 11.5 Å². The van der Waals surface area contributed by atoms with E-state index in [2.05, 4.69) is 42.5 Å². The van der Waals surface area contributed by atoms with E-state index >= 15 is 0 Å². The molecule has 2 heterocycles. The summed E-state index contributed by atoms with van der Waals surface area (Å²) in [4.78, 5) is 0. The Bertz CT molecular complexity index is 1430. The molecule has 4 aromatic carbocycles. The van der Waals surface area contributed by atoms with Gasteiger partial charge in [-0.1, -0.05) is 101 Å².